The molecule has 2 unspecified atom stereocenters. The van der Waals surface area contributed by atoms with Crippen molar-refractivity contribution in [1.82, 2.24) is 4.90 Å². The fourth-order valence-electron chi connectivity index (χ4n) is 2.50. The van der Waals surface area contributed by atoms with Gasteiger partial charge in [0, 0.05) is 30.2 Å². The summed E-state index contributed by atoms with van der Waals surface area (Å²) in [5.74, 6) is 0.457. The monoisotopic (exact) mass is 297 g/mol. The lowest BCUT2D eigenvalue weighted by Gasteiger charge is -2.37. The van der Waals surface area contributed by atoms with Crippen molar-refractivity contribution in [2.45, 2.75) is 32.4 Å². The van der Waals surface area contributed by atoms with Gasteiger partial charge in [0.05, 0.1) is 0 Å². The van der Waals surface area contributed by atoms with Gasteiger partial charge in [0.15, 0.2) is 0 Å². The van der Waals surface area contributed by atoms with Crippen molar-refractivity contribution in [1.29, 1.82) is 0 Å². The van der Waals surface area contributed by atoms with Gasteiger partial charge in [-0.2, -0.15) is 0 Å². The Bertz CT molecular complexity index is 369. The molecule has 0 amide bonds. The molecule has 1 aliphatic rings. The van der Waals surface area contributed by atoms with Crippen LogP contribution >= 0.6 is 15.9 Å². The van der Waals surface area contributed by atoms with Crippen LogP contribution in [0.2, 0.25) is 0 Å². The van der Waals surface area contributed by atoms with Crippen molar-refractivity contribution < 1.29 is 5.11 Å². The Morgan fingerprint density at radius 3 is 2.94 bits per heavy atom. The largest absolute Gasteiger partial charge is 0.396 e. The molecule has 1 N–H and O–H groups in total. The SMILES string of the molecule is CC1CCC(CO)CN1Cc1cccc(Br)c1. The molecule has 2 atom stereocenters. The van der Waals surface area contributed by atoms with Gasteiger partial charge in [0.25, 0.3) is 0 Å². The fraction of sp³-hybridized carbons (Fsp3) is 0.571. The Balaban J connectivity index is 2.01. The van der Waals surface area contributed by atoms with Crippen LogP contribution in [0, 0.1) is 5.92 Å². The van der Waals surface area contributed by atoms with Crippen LogP contribution in [0.3, 0.4) is 0 Å². The number of aliphatic hydroxyl groups excluding tert-OH is 1. The number of hydrogen-bond donors (Lipinski definition) is 1. The minimum atomic E-state index is 0.321. The Morgan fingerprint density at radius 2 is 2.24 bits per heavy atom. The number of hydrogen-bond acceptors (Lipinski definition) is 2. The molecule has 2 nitrogen and oxygen atoms in total. The Kier molecular flexibility index (Phi) is 4.60. The average Bonchev–Trinajstić information content (AvgIpc) is 2.32. The first-order valence-corrected chi connectivity index (χ1v) is 7.07. The molecule has 0 bridgehead atoms. The standard InChI is InChI=1S/C14H20BrNO/c1-11-5-6-13(10-17)9-16(11)8-12-3-2-4-14(15)7-12/h2-4,7,11,13,17H,5-6,8-10H2,1H3. The molecule has 1 aliphatic heterocycles. The van der Waals surface area contributed by atoms with Crippen LogP contribution in [0.1, 0.15) is 25.3 Å². The number of aliphatic hydroxyl groups is 1. The molecular formula is C14H20BrNO. The zero-order valence-electron chi connectivity index (χ0n) is 10.3. The van der Waals surface area contributed by atoms with Crippen molar-refractivity contribution in [2.75, 3.05) is 13.2 Å². The van der Waals surface area contributed by atoms with Crippen molar-refractivity contribution in [3.63, 3.8) is 0 Å². The molecule has 1 saturated heterocycles. The molecule has 0 spiro atoms. The first-order chi connectivity index (χ1) is 8.19. The summed E-state index contributed by atoms with van der Waals surface area (Å²) in [5, 5.41) is 9.27. The normalized spacial score (nSPS) is 26.1. The topological polar surface area (TPSA) is 23.5 Å². The van der Waals surface area contributed by atoms with Gasteiger partial charge in [0.1, 0.15) is 0 Å². The molecule has 3 heteroatoms. The van der Waals surface area contributed by atoms with Gasteiger partial charge in [-0.1, -0.05) is 28.1 Å². The number of nitrogens with zero attached hydrogens (tertiary/aromatic N) is 1. The number of piperidine rings is 1. The molecule has 1 aromatic carbocycles. The molecule has 1 aromatic rings. The predicted molar refractivity (Wildman–Crippen MR) is 73.8 cm³/mol. The third kappa shape index (κ3) is 3.54. The minimum absolute atomic E-state index is 0.321. The summed E-state index contributed by atoms with van der Waals surface area (Å²) in [6.07, 6.45) is 2.35. The smallest absolute Gasteiger partial charge is 0.0471 e. The summed E-state index contributed by atoms with van der Waals surface area (Å²) in [5.41, 5.74) is 1.34. The average molecular weight is 298 g/mol. The predicted octanol–water partition coefficient (Wildman–Crippen LogP) is 3.04. The van der Waals surface area contributed by atoms with E-state index in [1.807, 2.05) is 0 Å². The molecule has 1 fully saturated rings. The minimum Gasteiger partial charge on any atom is -0.396 e. The van der Waals surface area contributed by atoms with Crippen LogP contribution in [0.25, 0.3) is 0 Å². The van der Waals surface area contributed by atoms with E-state index >= 15 is 0 Å². The van der Waals surface area contributed by atoms with Crippen LogP contribution in [-0.2, 0) is 6.54 Å². The van der Waals surface area contributed by atoms with E-state index in [2.05, 4.69) is 52.0 Å². The van der Waals surface area contributed by atoms with Gasteiger partial charge in [0.2, 0.25) is 0 Å². The van der Waals surface area contributed by atoms with Crippen LogP contribution in [-0.4, -0.2) is 29.2 Å². The lowest BCUT2D eigenvalue weighted by atomic mass is 9.93. The third-order valence-corrected chi connectivity index (χ3v) is 4.13. The fourth-order valence-corrected chi connectivity index (χ4v) is 2.95. The van der Waals surface area contributed by atoms with Gasteiger partial charge in [-0.3, -0.25) is 4.90 Å². The van der Waals surface area contributed by atoms with Gasteiger partial charge in [-0.15, -0.1) is 0 Å². The summed E-state index contributed by atoms with van der Waals surface area (Å²) in [6.45, 7) is 4.61. The third-order valence-electron chi connectivity index (χ3n) is 3.64. The maximum Gasteiger partial charge on any atom is 0.0471 e. The van der Waals surface area contributed by atoms with E-state index in [0.29, 0.717) is 18.6 Å². The highest BCUT2D eigenvalue weighted by Gasteiger charge is 2.24. The molecule has 17 heavy (non-hydrogen) atoms. The summed E-state index contributed by atoms with van der Waals surface area (Å²) < 4.78 is 1.14. The van der Waals surface area contributed by atoms with E-state index in [1.165, 1.54) is 12.0 Å². The first kappa shape index (κ1) is 13.1. The van der Waals surface area contributed by atoms with Crippen molar-refractivity contribution in [3.05, 3.63) is 34.3 Å². The molecule has 0 saturated carbocycles. The molecule has 1 heterocycles. The number of halogens is 1. The molecule has 0 radical (unpaired) electrons. The quantitative estimate of drug-likeness (QED) is 0.927. The molecule has 0 aromatic heterocycles. The highest BCUT2D eigenvalue weighted by atomic mass is 79.9. The zero-order valence-corrected chi connectivity index (χ0v) is 11.9. The maximum absolute atomic E-state index is 9.27. The number of likely N-dealkylation sites (tertiary alicyclic amines) is 1. The van der Waals surface area contributed by atoms with E-state index in [1.54, 1.807) is 0 Å². The van der Waals surface area contributed by atoms with Crippen molar-refractivity contribution >= 4 is 15.9 Å². The number of benzene rings is 1. The van der Waals surface area contributed by atoms with E-state index in [9.17, 15) is 5.11 Å². The Hall–Kier alpha value is -0.380. The van der Waals surface area contributed by atoms with Crippen LogP contribution < -0.4 is 0 Å². The molecule has 0 aliphatic carbocycles. The Morgan fingerprint density at radius 1 is 1.41 bits per heavy atom. The summed E-state index contributed by atoms with van der Waals surface area (Å²) in [6, 6.07) is 9.10. The van der Waals surface area contributed by atoms with Gasteiger partial charge >= 0.3 is 0 Å². The lowest BCUT2D eigenvalue weighted by molar-refractivity contribution is 0.0771. The van der Waals surface area contributed by atoms with E-state index < -0.39 is 0 Å². The first-order valence-electron chi connectivity index (χ1n) is 6.28. The highest BCUT2D eigenvalue weighted by molar-refractivity contribution is 9.10. The molecule has 94 valence electrons. The highest BCUT2D eigenvalue weighted by Crippen LogP contribution is 2.24. The second-order valence-corrected chi connectivity index (χ2v) is 5.95. The van der Waals surface area contributed by atoms with Gasteiger partial charge in [-0.05, 0) is 43.4 Å². The van der Waals surface area contributed by atoms with Crippen molar-refractivity contribution in [2.24, 2.45) is 5.92 Å². The summed E-state index contributed by atoms with van der Waals surface area (Å²) in [7, 11) is 0. The lowest BCUT2D eigenvalue weighted by Crippen LogP contribution is -2.42. The van der Waals surface area contributed by atoms with Crippen LogP contribution in [0.15, 0.2) is 28.7 Å². The van der Waals surface area contributed by atoms with Crippen LogP contribution in [0.5, 0.6) is 0 Å². The second kappa shape index (κ2) is 5.98. The van der Waals surface area contributed by atoms with Gasteiger partial charge < -0.3 is 5.11 Å². The number of rotatable bonds is 3. The summed E-state index contributed by atoms with van der Waals surface area (Å²) in [4.78, 5) is 2.48. The summed E-state index contributed by atoms with van der Waals surface area (Å²) >= 11 is 3.51. The van der Waals surface area contributed by atoms with E-state index in [0.717, 1.165) is 24.0 Å². The van der Waals surface area contributed by atoms with E-state index in [-0.39, 0.29) is 0 Å². The van der Waals surface area contributed by atoms with Crippen LogP contribution in [0.4, 0.5) is 0 Å². The zero-order chi connectivity index (χ0) is 12.3. The van der Waals surface area contributed by atoms with Gasteiger partial charge in [-0.25, -0.2) is 0 Å². The Labute approximate surface area is 112 Å². The molecular weight excluding hydrogens is 278 g/mol. The molecule has 2 rings (SSSR count). The maximum atomic E-state index is 9.27. The second-order valence-electron chi connectivity index (χ2n) is 5.03. The van der Waals surface area contributed by atoms with Crippen molar-refractivity contribution in [3.8, 4) is 0 Å². The van der Waals surface area contributed by atoms with E-state index in [4.69, 9.17) is 0 Å².